The van der Waals surface area contributed by atoms with Gasteiger partial charge in [0, 0.05) is 0 Å². The fraction of sp³-hybridized carbons (Fsp3) is 0.208. The number of fused-ring (bicyclic) bond motifs is 1. The van der Waals surface area contributed by atoms with Crippen LogP contribution in [-0.4, -0.2) is 32.1 Å². The summed E-state index contributed by atoms with van der Waals surface area (Å²) in [5, 5.41) is 9.19. The first-order chi connectivity index (χ1) is 16.4. The molecule has 1 aliphatic heterocycles. The molecule has 0 fully saturated rings. The summed E-state index contributed by atoms with van der Waals surface area (Å²) in [7, 11) is -4.56. The van der Waals surface area contributed by atoms with Crippen molar-refractivity contribution < 1.29 is 40.6 Å². The number of anilines is 1. The number of rotatable bonds is 5. The minimum absolute atomic E-state index is 0.00483. The molecule has 11 heteroatoms. The summed E-state index contributed by atoms with van der Waals surface area (Å²) in [6, 6.07) is 12.1. The Bertz CT molecular complexity index is 1410. The Balaban J connectivity index is 1.86. The molecule has 3 aromatic rings. The number of hydrogen-bond acceptors (Lipinski definition) is 4. The van der Waals surface area contributed by atoms with Gasteiger partial charge in [0.1, 0.15) is 17.7 Å². The zero-order chi connectivity index (χ0) is 25.5. The molecule has 1 aliphatic rings. The maximum Gasteiger partial charge on any atom is 0.416 e. The molecule has 0 saturated carbocycles. The number of aliphatic carboxylic acids is 1. The van der Waals surface area contributed by atoms with Crippen LogP contribution in [0.25, 0.3) is 11.1 Å². The van der Waals surface area contributed by atoms with Crippen molar-refractivity contribution in [2.45, 2.75) is 30.5 Å². The normalized spacial score (nSPS) is 15.9. The van der Waals surface area contributed by atoms with E-state index in [4.69, 9.17) is 4.74 Å². The highest BCUT2D eigenvalue weighted by atomic mass is 32.2. The summed E-state index contributed by atoms with van der Waals surface area (Å²) >= 11 is 0. The van der Waals surface area contributed by atoms with Crippen LogP contribution in [0, 0.1) is 12.7 Å². The molecule has 0 aliphatic carbocycles. The molecule has 0 aromatic heterocycles. The van der Waals surface area contributed by atoms with Gasteiger partial charge in [0.2, 0.25) is 0 Å². The Hall–Kier alpha value is -3.60. The Morgan fingerprint density at radius 2 is 1.83 bits per heavy atom. The van der Waals surface area contributed by atoms with E-state index in [0.29, 0.717) is 22.8 Å². The van der Waals surface area contributed by atoms with Gasteiger partial charge in [-0.15, -0.1) is 0 Å². The van der Waals surface area contributed by atoms with Crippen LogP contribution in [0.4, 0.5) is 23.2 Å². The Morgan fingerprint density at radius 3 is 2.51 bits per heavy atom. The van der Waals surface area contributed by atoms with Crippen molar-refractivity contribution in [1.29, 1.82) is 0 Å². The molecule has 4 rings (SSSR count). The van der Waals surface area contributed by atoms with Crippen LogP contribution >= 0.6 is 0 Å². The summed E-state index contributed by atoms with van der Waals surface area (Å²) < 4.78 is 87.4. The van der Waals surface area contributed by atoms with E-state index in [2.05, 4.69) is 0 Å². The van der Waals surface area contributed by atoms with Gasteiger partial charge >= 0.3 is 12.1 Å². The second-order valence-electron chi connectivity index (χ2n) is 7.99. The van der Waals surface area contributed by atoms with Crippen molar-refractivity contribution in [3.05, 3.63) is 77.6 Å². The van der Waals surface area contributed by atoms with Crippen molar-refractivity contribution in [3.8, 4) is 16.9 Å². The van der Waals surface area contributed by atoms with E-state index in [9.17, 15) is 35.9 Å². The lowest BCUT2D eigenvalue weighted by molar-refractivity contribution is -0.139. The van der Waals surface area contributed by atoms with E-state index < -0.39 is 57.5 Å². The molecule has 1 heterocycles. The Labute approximate surface area is 198 Å². The highest BCUT2D eigenvalue weighted by molar-refractivity contribution is 7.92. The summed E-state index contributed by atoms with van der Waals surface area (Å²) in [5.74, 6) is -1.66. The molecule has 3 aromatic carbocycles. The summed E-state index contributed by atoms with van der Waals surface area (Å²) in [6.07, 6.45) is -6.37. The van der Waals surface area contributed by atoms with Gasteiger partial charge < -0.3 is 9.84 Å². The van der Waals surface area contributed by atoms with Gasteiger partial charge in [-0.2, -0.15) is 13.2 Å². The average Bonchev–Trinajstić information content (AvgIpc) is 2.79. The third kappa shape index (κ3) is 4.81. The molecule has 1 unspecified atom stereocenters. The standard InChI is InChI=1S/C24H19F4NO5S/c1-14-19(6-3-7-20(14)25)15-8-9-22-21(10-15)29(13-17(34-22)12-23(30)31)35(32,33)18-5-2-4-16(11-18)24(26,27)28/h2-11,17H,12-13H2,1H3,(H,30,31). The van der Waals surface area contributed by atoms with E-state index in [1.165, 1.54) is 24.3 Å². The van der Waals surface area contributed by atoms with Crippen LogP contribution in [0.15, 0.2) is 65.6 Å². The van der Waals surface area contributed by atoms with Crippen LogP contribution in [0.5, 0.6) is 5.75 Å². The van der Waals surface area contributed by atoms with Crippen LogP contribution in [0.1, 0.15) is 17.5 Å². The van der Waals surface area contributed by atoms with Gasteiger partial charge in [-0.25, -0.2) is 12.8 Å². The van der Waals surface area contributed by atoms with E-state index in [0.717, 1.165) is 22.5 Å². The summed E-state index contributed by atoms with van der Waals surface area (Å²) in [6.45, 7) is 1.12. The lowest BCUT2D eigenvalue weighted by atomic mass is 9.99. The second kappa shape index (κ2) is 8.88. The van der Waals surface area contributed by atoms with Gasteiger partial charge in [-0.05, 0) is 60.0 Å². The minimum atomic E-state index is -4.76. The molecule has 6 nitrogen and oxygen atoms in total. The average molecular weight is 509 g/mol. The molecular formula is C24H19F4NO5S. The fourth-order valence-electron chi connectivity index (χ4n) is 3.89. The second-order valence-corrected chi connectivity index (χ2v) is 9.86. The quantitative estimate of drug-likeness (QED) is 0.475. The third-order valence-corrected chi connectivity index (χ3v) is 7.40. The minimum Gasteiger partial charge on any atom is -0.486 e. The molecular weight excluding hydrogens is 490 g/mol. The van der Waals surface area contributed by atoms with E-state index in [1.54, 1.807) is 19.1 Å². The van der Waals surface area contributed by atoms with Gasteiger partial charge in [0.05, 0.1) is 29.1 Å². The maximum atomic E-state index is 14.1. The molecule has 0 bridgehead atoms. The van der Waals surface area contributed by atoms with Crippen LogP contribution in [0.3, 0.4) is 0 Å². The van der Waals surface area contributed by atoms with Gasteiger partial charge in [-0.1, -0.05) is 24.3 Å². The van der Waals surface area contributed by atoms with E-state index in [1.807, 2.05) is 0 Å². The monoisotopic (exact) mass is 509 g/mol. The van der Waals surface area contributed by atoms with Gasteiger partial charge in [0.15, 0.2) is 0 Å². The van der Waals surface area contributed by atoms with E-state index >= 15 is 0 Å². The predicted octanol–water partition coefficient (Wildman–Crippen LogP) is 5.25. The zero-order valence-electron chi connectivity index (χ0n) is 18.2. The van der Waals surface area contributed by atoms with Crippen LogP contribution in [-0.2, 0) is 21.0 Å². The molecule has 0 radical (unpaired) electrons. The number of nitrogens with zero attached hydrogens (tertiary/aromatic N) is 1. The Morgan fingerprint density at radius 1 is 1.11 bits per heavy atom. The summed E-state index contributed by atoms with van der Waals surface area (Å²) in [4.78, 5) is 10.7. The first kappa shape index (κ1) is 24.5. The molecule has 35 heavy (non-hydrogen) atoms. The van der Waals surface area contributed by atoms with Crippen molar-refractivity contribution in [3.63, 3.8) is 0 Å². The van der Waals surface area contributed by atoms with Crippen LogP contribution < -0.4 is 9.04 Å². The fourth-order valence-corrected chi connectivity index (χ4v) is 5.43. The molecule has 0 saturated heterocycles. The highest BCUT2D eigenvalue weighted by Crippen LogP contribution is 2.41. The third-order valence-electron chi connectivity index (χ3n) is 5.62. The number of ether oxygens (including phenoxy) is 1. The number of benzene rings is 3. The number of carboxylic acids is 1. The number of hydrogen-bond donors (Lipinski definition) is 1. The van der Waals surface area contributed by atoms with Gasteiger partial charge in [-0.3, -0.25) is 9.10 Å². The molecule has 0 amide bonds. The molecule has 1 N–H and O–H groups in total. The lowest BCUT2D eigenvalue weighted by Crippen LogP contribution is -2.44. The van der Waals surface area contributed by atoms with Crippen LogP contribution in [0.2, 0.25) is 0 Å². The highest BCUT2D eigenvalue weighted by Gasteiger charge is 2.37. The summed E-state index contributed by atoms with van der Waals surface area (Å²) in [5.41, 5.74) is 0.117. The topological polar surface area (TPSA) is 83.9 Å². The number of carbonyl (C=O) groups is 1. The SMILES string of the molecule is Cc1c(F)cccc1-c1ccc2c(c1)N(S(=O)(=O)c1cccc(C(F)(F)F)c1)CC(CC(=O)O)O2. The van der Waals surface area contributed by atoms with Crippen molar-refractivity contribution >= 4 is 21.7 Å². The number of carboxylic acid groups (broad SMARTS) is 1. The number of sulfonamides is 1. The maximum absolute atomic E-state index is 14.1. The first-order valence-corrected chi connectivity index (χ1v) is 11.8. The Kier molecular flexibility index (Phi) is 6.22. The molecule has 184 valence electrons. The lowest BCUT2D eigenvalue weighted by Gasteiger charge is -2.35. The van der Waals surface area contributed by atoms with Crippen molar-refractivity contribution in [2.75, 3.05) is 10.8 Å². The first-order valence-electron chi connectivity index (χ1n) is 10.4. The number of alkyl halides is 3. The smallest absolute Gasteiger partial charge is 0.416 e. The van der Waals surface area contributed by atoms with Crippen molar-refractivity contribution in [2.24, 2.45) is 0 Å². The predicted molar refractivity (Wildman–Crippen MR) is 119 cm³/mol. The van der Waals surface area contributed by atoms with Gasteiger partial charge in [0.25, 0.3) is 10.0 Å². The van der Waals surface area contributed by atoms with Crippen molar-refractivity contribution in [1.82, 2.24) is 0 Å². The molecule has 0 spiro atoms. The van der Waals surface area contributed by atoms with E-state index in [-0.39, 0.29) is 11.4 Å². The zero-order valence-corrected chi connectivity index (χ0v) is 19.0. The number of halogens is 4. The molecule has 1 atom stereocenters. The largest absolute Gasteiger partial charge is 0.486 e.